The third kappa shape index (κ3) is 4.43. The monoisotopic (exact) mass is 435 g/mol. The predicted octanol–water partition coefficient (Wildman–Crippen LogP) is 2.81. The fourth-order valence-corrected chi connectivity index (χ4v) is 3.89. The van der Waals surface area contributed by atoms with E-state index in [2.05, 4.69) is 43.7 Å². The number of methoxy groups -OCH3 is 1. The van der Waals surface area contributed by atoms with Crippen molar-refractivity contribution in [3.63, 3.8) is 0 Å². The van der Waals surface area contributed by atoms with Crippen molar-refractivity contribution in [2.45, 2.75) is 20.4 Å². The zero-order chi connectivity index (χ0) is 22.7. The third-order valence-corrected chi connectivity index (χ3v) is 5.77. The van der Waals surface area contributed by atoms with Gasteiger partial charge in [0.25, 0.3) is 5.91 Å². The van der Waals surface area contributed by atoms with E-state index in [1.54, 1.807) is 25.4 Å². The van der Waals surface area contributed by atoms with Gasteiger partial charge in [0, 0.05) is 50.7 Å². The fraction of sp³-hybridized carbons (Fsp3) is 0.391. The number of piperazine rings is 1. The van der Waals surface area contributed by atoms with E-state index in [0.29, 0.717) is 30.4 Å². The highest BCUT2D eigenvalue weighted by atomic mass is 16.5. The summed E-state index contributed by atoms with van der Waals surface area (Å²) in [4.78, 5) is 30.5. The molecule has 1 fully saturated rings. The van der Waals surface area contributed by atoms with Gasteiger partial charge in [-0.2, -0.15) is 0 Å². The molecular formula is C23H29N7O2. The first kappa shape index (κ1) is 21.8. The SMILES string of the molecule is CCn1c(-c2ccnc(Nc3ccc(C(=O)N4CCN(C)CC4)c(OC)c3)n2)cnc1C. The summed E-state index contributed by atoms with van der Waals surface area (Å²) in [7, 11) is 3.64. The number of rotatable bonds is 6. The highest BCUT2D eigenvalue weighted by Gasteiger charge is 2.23. The van der Waals surface area contributed by atoms with Crippen LogP contribution in [0.5, 0.6) is 5.75 Å². The van der Waals surface area contributed by atoms with Crippen molar-refractivity contribution in [1.29, 1.82) is 0 Å². The zero-order valence-corrected chi connectivity index (χ0v) is 19.0. The highest BCUT2D eigenvalue weighted by molar-refractivity contribution is 5.97. The van der Waals surface area contributed by atoms with Gasteiger partial charge in [0.2, 0.25) is 5.95 Å². The third-order valence-electron chi connectivity index (χ3n) is 5.77. The molecule has 1 aliphatic rings. The van der Waals surface area contributed by atoms with Gasteiger partial charge in [0.05, 0.1) is 30.3 Å². The first-order valence-electron chi connectivity index (χ1n) is 10.8. The maximum absolute atomic E-state index is 13.0. The molecule has 32 heavy (non-hydrogen) atoms. The number of carbonyl (C=O) groups is 1. The van der Waals surface area contributed by atoms with Gasteiger partial charge in [-0.1, -0.05) is 0 Å². The van der Waals surface area contributed by atoms with Gasteiger partial charge in [-0.25, -0.2) is 15.0 Å². The summed E-state index contributed by atoms with van der Waals surface area (Å²) in [6.07, 6.45) is 3.54. The van der Waals surface area contributed by atoms with Crippen molar-refractivity contribution in [1.82, 2.24) is 29.3 Å². The van der Waals surface area contributed by atoms with E-state index in [9.17, 15) is 4.79 Å². The topological polar surface area (TPSA) is 88.4 Å². The Morgan fingerprint density at radius 1 is 1.16 bits per heavy atom. The molecule has 1 aromatic carbocycles. The van der Waals surface area contributed by atoms with Gasteiger partial charge in [0.15, 0.2) is 0 Å². The maximum Gasteiger partial charge on any atom is 0.257 e. The van der Waals surface area contributed by atoms with Crippen LogP contribution in [0.3, 0.4) is 0 Å². The quantitative estimate of drug-likeness (QED) is 0.637. The first-order valence-corrected chi connectivity index (χ1v) is 10.8. The lowest BCUT2D eigenvalue weighted by molar-refractivity contribution is 0.0661. The number of benzene rings is 1. The molecule has 1 aliphatic heterocycles. The smallest absolute Gasteiger partial charge is 0.257 e. The number of imidazole rings is 1. The molecule has 0 spiro atoms. The number of likely N-dealkylation sites (N-methyl/N-ethyl adjacent to an activating group) is 1. The van der Waals surface area contributed by atoms with Crippen LogP contribution in [0.4, 0.5) is 11.6 Å². The van der Waals surface area contributed by atoms with E-state index in [4.69, 9.17) is 4.74 Å². The lowest BCUT2D eigenvalue weighted by Gasteiger charge is -2.32. The summed E-state index contributed by atoms with van der Waals surface area (Å²) >= 11 is 0. The van der Waals surface area contributed by atoms with Crippen molar-refractivity contribution < 1.29 is 9.53 Å². The second-order valence-electron chi connectivity index (χ2n) is 7.84. The number of hydrogen-bond donors (Lipinski definition) is 1. The predicted molar refractivity (Wildman–Crippen MR) is 123 cm³/mol. The minimum absolute atomic E-state index is 0.0112. The molecule has 3 heterocycles. The van der Waals surface area contributed by atoms with Crippen LogP contribution in [-0.4, -0.2) is 75.6 Å². The molecule has 0 bridgehead atoms. The van der Waals surface area contributed by atoms with Crippen molar-refractivity contribution in [2.24, 2.45) is 0 Å². The van der Waals surface area contributed by atoms with Gasteiger partial charge in [-0.3, -0.25) is 4.79 Å². The van der Waals surface area contributed by atoms with Crippen LogP contribution < -0.4 is 10.1 Å². The molecule has 0 radical (unpaired) electrons. The Morgan fingerprint density at radius 3 is 2.66 bits per heavy atom. The minimum atomic E-state index is -0.0112. The molecule has 1 saturated heterocycles. The number of amides is 1. The molecule has 2 aromatic heterocycles. The van der Waals surface area contributed by atoms with Gasteiger partial charge < -0.3 is 24.4 Å². The molecule has 1 N–H and O–H groups in total. The lowest BCUT2D eigenvalue weighted by Crippen LogP contribution is -2.47. The molecule has 0 unspecified atom stereocenters. The Kier molecular flexibility index (Phi) is 6.36. The summed E-state index contributed by atoms with van der Waals surface area (Å²) in [6.45, 7) is 8.05. The van der Waals surface area contributed by atoms with E-state index in [1.165, 1.54) is 0 Å². The van der Waals surface area contributed by atoms with Crippen LogP contribution in [0.25, 0.3) is 11.4 Å². The number of nitrogens with zero attached hydrogens (tertiary/aromatic N) is 6. The van der Waals surface area contributed by atoms with Crippen molar-refractivity contribution in [2.75, 3.05) is 45.7 Å². The van der Waals surface area contributed by atoms with Crippen LogP contribution in [0.15, 0.2) is 36.7 Å². The van der Waals surface area contributed by atoms with E-state index in [-0.39, 0.29) is 5.91 Å². The second kappa shape index (κ2) is 9.35. The Labute approximate surface area is 188 Å². The molecule has 0 saturated carbocycles. The molecule has 0 atom stereocenters. The number of anilines is 2. The summed E-state index contributed by atoms with van der Waals surface area (Å²) in [5.41, 5.74) is 3.04. The maximum atomic E-state index is 13.0. The van der Waals surface area contributed by atoms with E-state index >= 15 is 0 Å². The second-order valence-corrected chi connectivity index (χ2v) is 7.84. The lowest BCUT2D eigenvalue weighted by atomic mass is 10.1. The van der Waals surface area contributed by atoms with Crippen molar-refractivity contribution in [3.05, 3.63) is 48.0 Å². The number of hydrogen-bond acceptors (Lipinski definition) is 7. The molecule has 3 aromatic rings. The Hall–Kier alpha value is -3.46. The van der Waals surface area contributed by atoms with Gasteiger partial charge in [-0.15, -0.1) is 0 Å². The number of nitrogens with one attached hydrogen (secondary N) is 1. The minimum Gasteiger partial charge on any atom is -0.496 e. The van der Waals surface area contributed by atoms with E-state index in [1.807, 2.05) is 30.2 Å². The molecule has 0 aliphatic carbocycles. The number of aryl methyl sites for hydroxylation is 1. The molecule has 4 rings (SSSR count). The van der Waals surface area contributed by atoms with Crippen LogP contribution in [0.2, 0.25) is 0 Å². The number of aromatic nitrogens is 4. The Morgan fingerprint density at radius 2 is 1.94 bits per heavy atom. The van der Waals surface area contributed by atoms with Crippen LogP contribution in [-0.2, 0) is 6.54 Å². The van der Waals surface area contributed by atoms with Gasteiger partial charge in [-0.05, 0) is 39.1 Å². The zero-order valence-electron chi connectivity index (χ0n) is 19.0. The van der Waals surface area contributed by atoms with Gasteiger partial charge in [0.1, 0.15) is 11.6 Å². The Bertz CT molecular complexity index is 1100. The van der Waals surface area contributed by atoms with Crippen LogP contribution >= 0.6 is 0 Å². The number of carbonyl (C=O) groups excluding carboxylic acids is 1. The summed E-state index contributed by atoms with van der Waals surface area (Å²) in [6, 6.07) is 7.31. The molecular weight excluding hydrogens is 406 g/mol. The standard InChI is InChI=1S/C23H29N7O2/c1-5-30-16(2)25-15-20(30)19-8-9-24-23(27-19)26-17-6-7-18(21(14-17)32-4)22(31)29-12-10-28(3)11-13-29/h6-9,14-15H,5,10-13H2,1-4H3,(H,24,26,27). The van der Waals surface area contributed by atoms with Crippen LogP contribution in [0.1, 0.15) is 23.1 Å². The van der Waals surface area contributed by atoms with E-state index < -0.39 is 0 Å². The molecule has 168 valence electrons. The fourth-order valence-electron chi connectivity index (χ4n) is 3.89. The number of ether oxygens (including phenoxy) is 1. The molecule has 9 nitrogen and oxygen atoms in total. The normalized spacial score (nSPS) is 14.4. The van der Waals surface area contributed by atoms with Crippen molar-refractivity contribution >= 4 is 17.5 Å². The summed E-state index contributed by atoms with van der Waals surface area (Å²) in [5, 5.41) is 3.22. The Balaban J connectivity index is 1.54. The molecule has 1 amide bonds. The first-order chi connectivity index (χ1) is 15.5. The average molecular weight is 436 g/mol. The van der Waals surface area contributed by atoms with Gasteiger partial charge >= 0.3 is 0 Å². The van der Waals surface area contributed by atoms with E-state index in [0.717, 1.165) is 42.5 Å². The largest absolute Gasteiger partial charge is 0.496 e. The van der Waals surface area contributed by atoms with Crippen LogP contribution in [0, 0.1) is 6.92 Å². The summed E-state index contributed by atoms with van der Waals surface area (Å²) in [5.74, 6) is 1.92. The summed E-state index contributed by atoms with van der Waals surface area (Å²) < 4.78 is 7.64. The highest BCUT2D eigenvalue weighted by Crippen LogP contribution is 2.27. The molecule has 9 heteroatoms. The average Bonchev–Trinajstić information content (AvgIpc) is 3.19. The van der Waals surface area contributed by atoms with Crippen molar-refractivity contribution in [3.8, 4) is 17.1 Å².